The maximum absolute atomic E-state index is 13.5. The molecule has 5 heteroatoms. The highest BCUT2D eigenvalue weighted by Gasteiger charge is 2.09. The summed E-state index contributed by atoms with van der Waals surface area (Å²) in [6, 6.07) is 4.57. The van der Waals surface area contributed by atoms with Crippen LogP contribution >= 0.6 is 0 Å². The second-order valence-electron chi connectivity index (χ2n) is 4.47. The Morgan fingerprint density at radius 1 is 1.53 bits per heavy atom. The van der Waals surface area contributed by atoms with E-state index in [9.17, 15) is 9.18 Å². The van der Waals surface area contributed by atoms with Gasteiger partial charge in [-0.1, -0.05) is 6.07 Å². The van der Waals surface area contributed by atoms with Crippen LogP contribution in [0.5, 0.6) is 0 Å². The van der Waals surface area contributed by atoms with Crippen LogP contribution in [0, 0.1) is 5.82 Å². The molecule has 104 valence electrons. The van der Waals surface area contributed by atoms with E-state index >= 15 is 0 Å². The number of hydrogen-bond acceptors (Lipinski definition) is 3. The molecule has 0 heterocycles. The highest BCUT2D eigenvalue weighted by Crippen LogP contribution is 2.14. The van der Waals surface area contributed by atoms with Crippen molar-refractivity contribution < 1.29 is 19.4 Å². The lowest BCUT2D eigenvalue weighted by atomic mass is 10.1. The SMILES string of the molecule is CC(CO)N(C)Cc1ccc(F)c(/C=C/C(=O)O)c1. The van der Waals surface area contributed by atoms with Gasteiger partial charge in [-0.3, -0.25) is 4.90 Å². The van der Waals surface area contributed by atoms with Crippen molar-refractivity contribution in [3.05, 3.63) is 41.2 Å². The number of carboxylic acid groups (broad SMARTS) is 1. The first-order valence-corrected chi connectivity index (χ1v) is 5.94. The number of nitrogens with zero attached hydrogens (tertiary/aromatic N) is 1. The molecule has 0 radical (unpaired) electrons. The summed E-state index contributed by atoms with van der Waals surface area (Å²) in [5, 5.41) is 17.6. The first-order chi connectivity index (χ1) is 8.93. The number of aliphatic hydroxyl groups is 1. The number of hydrogen-bond donors (Lipinski definition) is 2. The molecule has 0 bridgehead atoms. The van der Waals surface area contributed by atoms with Crippen molar-refractivity contribution in [3.8, 4) is 0 Å². The van der Waals surface area contributed by atoms with Gasteiger partial charge in [-0.2, -0.15) is 0 Å². The van der Waals surface area contributed by atoms with Crippen LogP contribution in [0.3, 0.4) is 0 Å². The normalized spacial score (nSPS) is 13.1. The predicted octanol–water partition coefficient (Wildman–Crippen LogP) is 1.74. The summed E-state index contributed by atoms with van der Waals surface area (Å²) in [7, 11) is 1.86. The van der Waals surface area contributed by atoms with Gasteiger partial charge >= 0.3 is 5.97 Å². The Hall–Kier alpha value is -1.72. The Balaban J connectivity index is 2.87. The number of likely N-dealkylation sites (N-methyl/N-ethyl adjacent to an activating group) is 1. The Kier molecular flexibility index (Phi) is 5.66. The van der Waals surface area contributed by atoms with Crippen molar-refractivity contribution in [2.45, 2.75) is 19.5 Å². The molecule has 0 spiro atoms. The predicted molar refractivity (Wildman–Crippen MR) is 71.1 cm³/mol. The lowest BCUT2D eigenvalue weighted by molar-refractivity contribution is -0.131. The summed E-state index contributed by atoms with van der Waals surface area (Å²) in [4.78, 5) is 12.4. The smallest absolute Gasteiger partial charge is 0.328 e. The summed E-state index contributed by atoms with van der Waals surface area (Å²) in [5.74, 6) is -1.57. The number of benzene rings is 1. The number of aliphatic carboxylic acids is 1. The molecule has 2 N–H and O–H groups in total. The molecule has 1 rings (SSSR count). The molecule has 0 aliphatic carbocycles. The molecule has 0 fully saturated rings. The molecule has 1 aromatic carbocycles. The average Bonchev–Trinajstić information content (AvgIpc) is 2.38. The third-order valence-corrected chi connectivity index (χ3v) is 2.91. The van der Waals surface area contributed by atoms with E-state index in [0.29, 0.717) is 6.54 Å². The van der Waals surface area contributed by atoms with E-state index < -0.39 is 11.8 Å². The van der Waals surface area contributed by atoms with Gasteiger partial charge < -0.3 is 10.2 Å². The van der Waals surface area contributed by atoms with Crippen LogP contribution in [0.25, 0.3) is 6.08 Å². The Morgan fingerprint density at radius 3 is 2.79 bits per heavy atom. The van der Waals surface area contributed by atoms with E-state index in [1.165, 1.54) is 12.1 Å². The van der Waals surface area contributed by atoms with Gasteiger partial charge in [0.1, 0.15) is 5.82 Å². The zero-order valence-corrected chi connectivity index (χ0v) is 11.0. The summed E-state index contributed by atoms with van der Waals surface area (Å²) in [5.41, 5.74) is 1.10. The van der Waals surface area contributed by atoms with Gasteiger partial charge in [-0.05, 0) is 37.7 Å². The molecular weight excluding hydrogens is 249 g/mol. The second kappa shape index (κ2) is 7.01. The quantitative estimate of drug-likeness (QED) is 0.771. The maximum Gasteiger partial charge on any atom is 0.328 e. The summed E-state index contributed by atoms with van der Waals surface area (Å²) in [6.07, 6.45) is 2.14. The minimum absolute atomic E-state index is 0.00284. The summed E-state index contributed by atoms with van der Waals surface area (Å²) in [6.45, 7) is 2.48. The Morgan fingerprint density at radius 2 is 2.21 bits per heavy atom. The van der Waals surface area contributed by atoms with Gasteiger partial charge in [0, 0.05) is 24.2 Å². The monoisotopic (exact) mass is 267 g/mol. The van der Waals surface area contributed by atoms with E-state index in [1.807, 2.05) is 18.9 Å². The third-order valence-electron chi connectivity index (χ3n) is 2.91. The van der Waals surface area contributed by atoms with Crippen molar-refractivity contribution in [2.75, 3.05) is 13.7 Å². The van der Waals surface area contributed by atoms with Crippen LogP contribution in [0.15, 0.2) is 24.3 Å². The standard InChI is InChI=1S/C14H18FNO3/c1-10(9-17)16(2)8-11-3-5-13(15)12(7-11)4-6-14(18)19/h3-7,10,17H,8-9H2,1-2H3,(H,18,19)/b6-4+. The van der Waals surface area contributed by atoms with Gasteiger partial charge in [0.2, 0.25) is 0 Å². The van der Waals surface area contributed by atoms with Gasteiger partial charge in [-0.25, -0.2) is 9.18 Å². The van der Waals surface area contributed by atoms with Crippen molar-refractivity contribution in [3.63, 3.8) is 0 Å². The Labute approximate surface area is 111 Å². The number of rotatable bonds is 6. The molecule has 0 aliphatic rings. The molecule has 1 atom stereocenters. The van der Waals surface area contributed by atoms with Crippen LogP contribution in [0.4, 0.5) is 4.39 Å². The van der Waals surface area contributed by atoms with E-state index in [0.717, 1.165) is 11.6 Å². The molecule has 1 unspecified atom stereocenters. The molecule has 0 saturated heterocycles. The topological polar surface area (TPSA) is 60.8 Å². The minimum Gasteiger partial charge on any atom is -0.478 e. The van der Waals surface area contributed by atoms with Crippen LogP contribution < -0.4 is 0 Å². The van der Waals surface area contributed by atoms with E-state index in [2.05, 4.69) is 0 Å². The van der Waals surface area contributed by atoms with Crippen LogP contribution in [0.1, 0.15) is 18.1 Å². The molecule has 0 amide bonds. The van der Waals surface area contributed by atoms with Crippen molar-refractivity contribution in [1.82, 2.24) is 4.90 Å². The highest BCUT2D eigenvalue weighted by atomic mass is 19.1. The van der Waals surface area contributed by atoms with Crippen LogP contribution in [-0.2, 0) is 11.3 Å². The van der Waals surface area contributed by atoms with E-state index in [4.69, 9.17) is 10.2 Å². The zero-order chi connectivity index (χ0) is 14.4. The highest BCUT2D eigenvalue weighted by molar-refractivity contribution is 5.85. The molecule has 1 aromatic rings. The van der Waals surface area contributed by atoms with Gasteiger partial charge in [-0.15, -0.1) is 0 Å². The maximum atomic E-state index is 13.5. The van der Waals surface area contributed by atoms with Gasteiger partial charge in [0.05, 0.1) is 6.61 Å². The molecule has 0 saturated carbocycles. The fourth-order valence-corrected chi connectivity index (χ4v) is 1.56. The lowest BCUT2D eigenvalue weighted by Crippen LogP contribution is -2.31. The van der Waals surface area contributed by atoms with Crippen molar-refractivity contribution in [2.24, 2.45) is 0 Å². The molecule has 4 nitrogen and oxygen atoms in total. The van der Waals surface area contributed by atoms with Gasteiger partial charge in [0.25, 0.3) is 0 Å². The number of aliphatic hydroxyl groups excluding tert-OH is 1. The van der Waals surface area contributed by atoms with Crippen LogP contribution in [0.2, 0.25) is 0 Å². The van der Waals surface area contributed by atoms with Crippen molar-refractivity contribution in [1.29, 1.82) is 0 Å². The Bertz CT molecular complexity index is 474. The molecule has 0 aliphatic heterocycles. The fraction of sp³-hybridized carbons (Fsp3) is 0.357. The fourth-order valence-electron chi connectivity index (χ4n) is 1.56. The third kappa shape index (κ3) is 4.81. The molecule has 19 heavy (non-hydrogen) atoms. The lowest BCUT2D eigenvalue weighted by Gasteiger charge is -2.22. The van der Waals surface area contributed by atoms with E-state index in [-0.39, 0.29) is 18.2 Å². The second-order valence-corrected chi connectivity index (χ2v) is 4.47. The molecular formula is C14H18FNO3. The largest absolute Gasteiger partial charge is 0.478 e. The summed E-state index contributed by atoms with van der Waals surface area (Å²) < 4.78 is 13.5. The number of halogens is 1. The zero-order valence-electron chi connectivity index (χ0n) is 11.0. The average molecular weight is 267 g/mol. The number of carboxylic acids is 1. The van der Waals surface area contributed by atoms with Crippen molar-refractivity contribution >= 4 is 12.0 Å². The number of carbonyl (C=O) groups is 1. The van der Waals surface area contributed by atoms with Crippen LogP contribution in [-0.4, -0.2) is 40.8 Å². The first kappa shape index (κ1) is 15.3. The van der Waals surface area contributed by atoms with Gasteiger partial charge in [0.15, 0.2) is 0 Å². The van der Waals surface area contributed by atoms with E-state index in [1.54, 1.807) is 12.1 Å². The summed E-state index contributed by atoms with van der Waals surface area (Å²) >= 11 is 0. The molecule has 0 aromatic heterocycles. The first-order valence-electron chi connectivity index (χ1n) is 5.94. The minimum atomic E-state index is -1.11.